The molecule has 1 fully saturated rings. The van der Waals surface area contributed by atoms with Crippen molar-refractivity contribution in [3.63, 3.8) is 0 Å². The van der Waals surface area contributed by atoms with Crippen molar-refractivity contribution >= 4 is 0 Å². The number of rotatable bonds is 11. The van der Waals surface area contributed by atoms with E-state index in [2.05, 4.69) is 30.0 Å². The predicted octanol–water partition coefficient (Wildman–Crippen LogP) is 3.92. The fourth-order valence-corrected chi connectivity index (χ4v) is 3.03. The van der Waals surface area contributed by atoms with E-state index in [9.17, 15) is 0 Å². The molecule has 1 aliphatic heterocycles. The summed E-state index contributed by atoms with van der Waals surface area (Å²) >= 11 is 0. The molecule has 0 saturated carbocycles. The quantitative estimate of drug-likeness (QED) is 0.574. The zero-order valence-corrected chi connectivity index (χ0v) is 15.4. The van der Waals surface area contributed by atoms with Gasteiger partial charge in [-0.05, 0) is 43.5 Å². The summed E-state index contributed by atoms with van der Waals surface area (Å²) in [5, 5.41) is 0. The second-order valence-corrected chi connectivity index (χ2v) is 6.45. The van der Waals surface area contributed by atoms with Crippen LogP contribution in [0.3, 0.4) is 0 Å². The lowest BCUT2D eigenvalue weighted by Crippen LogP contribution is -2.36. The lowest BCUT2D eigenvalue weighted by atomic mass is 10.1. The minimum atomic E-state index is 0.771. The van der Waals surface area contributed by atoms with Crippen molar-refractivity contribution in [1.29, 1.82) is 0 Å². The zero-order valence-electron chi connectivity index (χ0n) is 15.4. The van der Waals surface area contributed by atoms with E-state index in [4.69, 9.17) is 14.2 Å². The van der Waals surface area contributed by atoms with Gasteiger partial charge in [0.1, 0.15) is 0 Å². The molecule has 0 atom stereocenters. The lowest BCUT2D eigenvalue weighted by Gasteiger charge is -2.26. The monoisotopic (exact) mass is 335 g/mol. The highest BCUT2D eigenvalue weighted by molar-refractivity contribution is 5.43. The molecule has 1 aliphatic rings. The van der Waals surface area contributed by atoms with Crippen molar-refractivity contribution in [3.8, 4) is 11.5 Å². The fraction of sp³-hybridized carbons (Fsp3) is 0.700. The Kier molecular flexibility index (Phi) is 9.00. The van der Waals surface area contributed by atoms with Crippen LogP contribution in [0, 0.1) is 0 Å². The molecule has 0 radical (unpaired) electrons. The molecule has 0 amide bonds. The Balaban J connectivity index is 1.75. The van der Waals surface area contributed by atoms with Crippen molar-refractivity contribution in [2.45, 2.75) is 45.4 Å². The van der Waals surface area contributed by atoms with E-state index >= 15 is 0 Å². The second-order valence-electron chi connectivity index (χ2n) is 6.45. The largest absolute Gasteiger partial charge is 0.493 e. The van der Waals surface area contributed by atoms with Gasteiger partial charge < -0.3 is 14.2 Å². The molecule has 4 heteroatoms. The number of unbranched alkanes of at least 4 members (excludes halogenated alkanes) is 3. The SMILES string of the molecule is CCCCCCOc1ccc(CCCN2CCOCC2)cc1OC. The van der Waals surface area contributed by atoms with Gasteiger partial charge in [0.25, 0.3) is 0 Å². The number of hydrogen-bond acceptors (Lipinski definition) is 4. The van der Waals surface area contributed by atoms with E-state index in [0.29, 0.717) is 0 Å². The van der Waals surface area contributed by atoms with Crippen LogP contribution in [0.5, 0.6) is 11.5 Å². The molecule has 1 aromatic rings. The standard InChI is InChI=1S/C20H33NO3/c1-3-4-5-6-14-24-19-10-9-18(17-20(19)22-2)8-7-11-21-12-15-23-16-13-21/h9-10,17H,3-8,11-16H2,1-2H3. The van der Waals surface area contributed by atoms with Gasteiger partial charge in [-0.1, -0.05) is 32.3 Å². The molecular formula is C20H33NO3. The van der Waals surface area contributed by atoms with Gasteiger partial charge in [-0.15, -0.1) is 0 Å². The molecule has 0 bridgehead atoms. The first-order valence-corrected chi connectivity index (χ1v) is 9.43. The third-order valence-corrected chi connectivity index (χ3v) is 4.53. The Morgan fingerprint density at radius 3 is 2.62 bits per heavy atom. The minimum Gasteiger partial charge on any atom is -0.493 e. The van der Waals surface area contributed by atoms with Gasteiger partial charge in [0.15, 0.2) is 11.5 Å². The van der Waals surface area contributed by atoms with Crippen molar-refractivity contribution in [3.05, 3.63) is 23.8 Å². The Hall–Kier alpha value is -1.26. The molecular weight excluding hydrogens is 302 g/mol. The highest BCUT2D eigenvalue weighted by atomic mass is 16.5. The number of methoxy groups -OCH3 is 1. The maximum atomic E-state index is 5.88. The average Bonchev–Trinajstić information content (AvgIpc) is 2.63. The van der Waals surface area contributed by atoms with Gasteiger partial charge in [-0.3, -0.25) is 4.90 Å². The molecule has 0 N–H and O–H groups in total. The Labute approximate surface area is 147 Å². The summed E-state index contributed by atoms with van der Waals surface area (Å²) < 4.78 is 16.8. The highest BCUT2D eigenvalue weighted by Gasteiger charge is 2.10. The summed E-state index contributed by atoms with van der Waals surface area (Å²) in [5.41, 5.74) is 1.32. The maximum Gasteiger partial charge on any atom is 0.161 e. The van der Waals surface area contributed by atoms with Crippen LogP contribution < -0.4 is 9.47 Å². The van der Waals surface area contributed by atoms with E-state index in [1.807, 2.05) is 0 Å². The molecule has 0 aliphatic carbocycles. The molecule has 0 aromatic heterocycles. The molecule has 1 saturated heterocycles. The topological polar surface area (TPSA) is 30.9 Å². The van der Waals surface area contributed by atoms with E-state index in [1.165, 1.54) is 31.2 Å². The van der Waals surface area contributed by atoms with Crippen molar-refractivity contribution in [2.75, 3.05) is 46.6 Å². The number of benzene rings is 1. The van der Waals surface area contributed by atoms with E-state index in [-0.39, 0.29) is 0 Å². The molecule has 4 nitrogen and oxygen atoms in total. The van der Waals surface area contributed by atoms with Gasteiger partial charge in [-0.25, -0.2) is 0 Å². The van der Waals surface area contributed by atoms with Crippen LogP contribution >= 0.6 is 0 Å². The normalized spacial score (nSPS) is 15.4. The van der Waals surface area contributed by atoms with Gasteiger partial charge in [0.2, 0.25) is 0 Å². The van der Waals surface area contributed by atoms with E-state index < -0.39 is 0 Å². The van der Waals surface area contributed by atoms with Crippen molar-refractivity contribution < 1.29 is 14.2 Å². The Morgan fingerprint density at radius 2 is 1.88 bits per heavy atom. The number of ether oxygens (including phenoxy) is 3. The maximum absolute atomic E-state index is 5.88. The summed E-state index contributed by atoms with van der Waals surface area (Å²) in [6.45, 7) is 8.01. The number of nitrogens with zero attached hydrogens (tertiary/aromatic N) is 1. The molecule has 1 aromatic carbocycles. The number of hydrogen-bond donors (Lipinski definition) is 0. The minimum absolute atomic E-state index is 0.771. The first-order valence-electron chi connectivity index (χ1n) is 9.43. The molecule has 2 rings (SSSR count). The van der Waals surface area contributed by atoms with Crippen molar-refractivity contribution in [2.24, 2.45) is 0 Å². The predicted molar refractivity (Wildman–Crippen MR) is 98.2 cm³/mol. The summed E-state index contributed by atoms with van der Waals surface area (Å²) in [5.74, 6) is 1.72. The molecule has 1 heterocycles. The van der Waals surface area contributed by atoms with Gasteiger partial charge >= 0.3 is 0 Å². The van der Waals surface area contributed by atoms with Crippen molar-refractivity contribution in [1.82, 2.24) is 4.90 Å². The first-order chi connectivity index (χ1) is 11.8. The van der Waals surface area contributed by atoms with Crippen LogP contribution in [0.4, 0.5) is 0 Å². The molecule has 24 heavy (non-hydrogen) atoms. The van der Waals surface area contributed by atoms with Crippen LogP contribution in [-0.4, -0.2) is 51.5 Å². The fourth-order valence-electron chi connectivity index (χ4n) is 3.03. The zero-order chi connectivity index (χ0) is 17.0. The second kappa shape index (κ2) is 11.3. The van der Waals surface area contributed by atoms with Crippen LogP contribution in [0.15, 0.2) is 18.2 Å². The smallest absolute Gasteiger partial charge is 0.161 e. The summed E-state index contributed by atoms with van der Waals surface area (Å²) in [4.78, 5) is 2.48. The summed E-state index contributed by atoms with van der Waals surface area (Å²) in [6.07, 6.45) is 7.12. The number of aryl methyl sites for hydroxylation is 1. The molecule has 0 unspecified atom stereocenters. The highest BCUT2D eigenvalue weighted by Crippen LogP contribution is 2.28. The van der Waals surface area contributed by atoms with Crippen LogP contribution in [0.2, 0.25) is 0 Å². The van der Waals surface area contributed by atoms with Crippen LogP contribution in [0.1, 0.15) is 44.6 Å². The third-order valence-electron chi connectivity index (χ3n) is 4.53. The Bertz CT molecular complexity index is 458. The van der Waals surface area contributed by atoms with Gasteiger partial charge in [-0.2, -0.15) is 0 Å². The van der Waals surface area contributed by atoms with E-state index in [0.717, 1.165) is 63.8 Å². The number of morpholine rings is 1. The van der Waals surface area contributed by atoms with Gasteiger partial charge in [0.05, 0.1) is 26.9 Å². The van der Waals surface area contributed by atoms with Crippen LogP contribution in [0.25, 0.3) is 0 Å². The summed E-state index contributed by atoms with van der Waals surface area (Å²) in [6, 6.07) is 6.35. The third kappa shape index (κ3) is 6.70. The molecule has 0 spiro atoms. The van der Waals surface area contributed by atoms with Gasteiger partial charge in [0, 0.05) is 13.1 Å². The lowest BCUT2D eigenvalue weighted by molar-refractivity contribution is 0.0374. The molecule has 136 valence electrons. The summed E-state index contributed by atoms with van der Waals surface area (Å²) in [7, 11) is 1.72. The Morgan fingerprint density at radius 1 is 1.04 bits per heavy atom. The van der Waals surface area contributed by atoms with E-state index in [1.54, 1.807) is 7.11 Å². The average molecular weight is 335 g/mol. The first kappa shape index (κ1) is 19.1. The van der Waals surface area contributed by atoms with Crippen LogP contribution in [-0.2, 0) is 11.2 Å².